The van der Waals surface area contributed by atoms with E-state index in [0.29, 0.717) is 43.3 Å². The molecule has 3 aromatic rings. The molecule has 0 radical (unpaired) electrons. The van der Waals surface area contributed by atoms with Crippen LogP contribution in [0.3, 0.4) is 0 Å². The molecule has 1 unspecified atom stereocenters. The zero-order chi connectivity index (χ0) is 25.4. The van der Waals surface area contributed by atoms with Gasteiger partial charge in [-0.05, 0) is 35.9 Å². The molecule has 1 aromatic carbocycles. The Hall–Kier alpha value is -3.46. The van der Waals surface area contributed by atoms with Crippen molar-refractivity contribution in [3.63, 3.8) is 0 Å². The highest BCUT2D eigenvalue weighted by Crippen LogP contribution is 2.42. The lowest BCUT2D eigenvalue weighted by Crippen LogP contribution is -2.57. The van der Waals surface area contributed by atoms with Crippen LogP contribution in [0.25, 0.3) is 0 Å². The highest BCUT2D eigenvalue weighted by atomic mass is 19.1. The third kappa shape index (κ3) is 4.21. The number of carbonyl (C=O) groups is 1. The van der Waals surface area contributed by atoms with E-state index in [4.69, 9.17) is 0 Å². The molecule has 2 aliphatic heterocycles. The van der Waals surface area contributed by atoms with Crippen molar-refractivity contribution in [1.82, 2.24) is 20.1 Å². The molecule has 1 amide bonds. The fourth-order valence-corrected chi connectivity index (χ4v) is 5.84. The van der Waals surface area contributed by atoms with Gasteiger partial charge in [-0.25, -0.2) is 8.78 Å². The number of carbonyl (C=O) groups excluding carboxylic acids is 1. The van der Waals surface area contributed by atoms with Gasteiger partial charge in [-0.2, -0.15) is 5.10 Å². The van der Waals surface area contributed by atoms with E-state index >= 15 is 0 Å². The number of rotatable bonds is 4. The first kappa shape index (κ1) is 24.2. The zero-order valence-corrected chi connectivity index (χ0v) is 20.3. The quantitative estimate of drug-likeness (QED) is 0.600. The molecule has 2 fully saturated rings. The fraction of sp³-hybridized carbons (Fsp3) is 0.407. The summed E-state index contributed by atoms with van der Waals surface area (Å²) in [6, 6.07) is 12.5. The maximum atomic E-state index is 14.9. The van der Waals surface area contributed by atoms with Crippen LogP contribution in [0.1, 0.15) is 31.0 Å². The number of pyridine rings is 1. The molecule has 4 heterocycles. The predicted molar refractivity (Wildman–Crippen MR) is 130 cm³/mol. The number of nitrogens with zero attached hydrogens (tertiary/aromatic N) is 5. The maximum absolute atomic E-state index is 14.9. The Morgan fingerprint density at radius 3 is 2.42 bits per heavy atom. The van der Waals surface area contributed by atoms with Gasteiger partial charge in [0.25, 0.3) is 0 Å². The van der Waals surface area contributed by atoms with Gasteiger partial charge in [0.15, 0.2) is 5.82 Å². The molecule has 0 aliphatic carbocycles. The summed E-state index contributed by atoms with van der Waals surface area (Å²) in [7, 11) is 0. The largest absolute Gasteiger partial charge is 0.383 e. The van der Waals surface area contributed by atoms with Crippen LogP contribution in [0.4, 0.5) is 14.6 Å². The van der Waals surface area contributed by atoms with Gasteiger partial charge in [0.1, 0.15) is 17.2 Å². The number of hydrogen-bond donors (Lipinski definition) is 1. The summed E-state index contributed by atoms with van der Waals surface area (Å²) in [5.74, 6) is -2.41. The van der Waals surface area contributed by atoms with Gasteiger partial charge >= 0.3 is 0 Å². The topological polar surface area (TPSA) is 82.5 Å². The molecule has 2 aromatic heterocycles. The first-order valence-corrected chi connectivity index (χ1v) is 12.2. The van der Waals surface area contributed by atoms with Crippen molar-refractivity contribution >= 4 is 11.7 Å². The van der Waals surface area contributed by atoms with Crippen LogP contribution in [0, 0.1) is 29.4 Å². The van der Waals surface area contributed by atoms with Crippen LogP contribution in [0.5, 0.6) is 0 Å². The third-order valence-electron chi connectivity index (χ3n) is 7.76. The molecule has 0 saturated carbocycles. The molecule has 188 valence electrons. The number of anilines is 1. The minimum atomic E-state index is -1.16. The minimum Gasteiger partial charge on any atom is -0.383 e. The fourth-order valence-electron chi connectivity index (χ4n) is 5.84. The van der Waals surface area contributed by atoms with Crippen molar-refractivity contribution in [2.75, 3.05) is 31.1 Å². The van der Waals surface area contributed by atoms with Gasteiger partial charge in [0.2, 0.25) is 5.91 Å². The molecular weight excluding hydrogens is 464 g/mol. The number of benzene rings is 1. The summed E-state index contributed by atoms with van der Waals surface area (Å²) < 4.78 is 28.5. The molecule has 2 saturated heterocycles. The number of halogens is 2. The Balaban J connectivity index is 1.43. The maximum Gasteiger partial charge on any atom is 0.228 e. The van der Waals surface area contributed by atoms with Crippen LogP contribution in [0.15, 0.2) is 60.9 Å². The molecule has 5 rings (SSSR count). The predicted octanol–water partition coefficient (Wildman–Crippen LogP) is 3.37. The second-order valence-electron chi connectivity index (χ2n) is 9.95. The van der Waals surface area contributed by atoms with E-state index in [1.807, 2.05) is 30.9 Å². The van der Waals surface area contributed by atoms with Crippen molar-refractivity contribution in [2.45, 2.75) is 25.4 Å². The van der Waals surface area contributed by atoms with E-state index in [1.165, 1.54) is 12.1 Å². The Morgan fingerprint density at radius 2 is 1.78 bits per heavy atom. The lowest BCUT2D eigenvalue weighted by molar-refractivity contribution is -0.153. The van der Waals surface area contributed by atoms with Gasteiger partial charge in [-0.15, -0.1) is 5.10 Å². The summed E-state index contributed by atoms with van der Waals surface area (Å²) in [5, 5.41) is 19.7. The zero-order valence-electron chi connectivity index (χ0n) is 20.3. The summed E-state index contributed by atoms with van der Waals surface area (Å²) in [5.41, 5.74) is -0.260. The monoisotopic (exact) mass is 493 g/mol. The molecule has 0 bridgehead atoms. The molecule has 7 nitrogen and oxygen atoms in total. The SMILES string of the molecule is C[C@@H]1CN(C(=O)[C@@H]2CN(c3cccnn3)C[C@H]2c2ccc(F)cc2F)C[C@H](C)C1(O)c1ccccn1. The molecule has 0 spiro atoms. The summed E-state index contributed by atoms with van der Waals surface area (Å²) in [6.45, 7) is 5.22. The number of piperidine rings is 1. The van der Waals surface area contributed by atoms with E-state index in [9.17, 15) is 18.7 Å². The van der Waals surface area contributed by atoms with Gasteiger partial charge in [0, 0.05) is 62.4 Å². The molecule has 36 heavy (non-hydrogen) atoms. The molecule has 5 atom stereocenters. The second-order valence-corrected chi connectivity index (χ2v) is 9.95. The number of hydrogen-bond acceptors (Lipinski definition) is 6. The second kappa shape index (κ2) is 9.54. The van der Waals surface area contributed by atoms with E-state index in [-0.39, 0.29) is 17.7 Å². The van der Waals surface area contributed by atoms with Gasteiger partial charge < -0.3 is 14.9 Å². The Kier molecular flexibility index (Phi) is 6.42. The minimum absolute atomic E-state index is 0.114. The summed E-state index contributed by atoms with van der Waals surface area (Å²) >= 11 is 0. The van der Waals surface area contributed by atoms with Gasteiger partial charge in [-0.3, -0.25) is 9.78 Å². The van der Waals surface area contributed by atoms with Crippen molar-refractivity contribution in [2.24, 2.45) is 17.8 Å². The number of aromatic nitrogens is 3. The van der Waals surface area contributed by atoms with Crippen LogP contribution in [-0.2, 0) is 10.4 Å². The molecule has 9 heteroatoms. The normalized spacial score (nSPS) is 28.4. The highest BCUT2D eigenvalue weighted by Gasteiger charge is 2.50. The average Bonchev–Trinajstić information content (AvgIpc) is 3.32. The Labute approximate surface area is 208 Å². The van der Waals surface area contributed by atoms with Crippen molar-refractivity contribution in [3.05, 3.63) is 83.8 Å². The average molecular weight is 494 g/mol. The van der Waals surface area contributed by atoms with Crippen LogP contribution >= 0.6 is 0 Å². The lowest BCUT2D eigenvalue weighted by Gasteiger charge is -2.48. The molecule has 2 aliphatic rings. The lowest BCUT2D eigenvalue weighted by atomic mass is 9.72. The van der Waals surface area contributed by atoms with E-state index in [2.05, 4.69) is 15.2 Å². The van der Waals surface area contributed by atoms with E-state index in [0.717, 1.165) is 6.07 Å². The van der Waals surface area contributed by atoms with Crippen molar-refractivity contribution < 1.29 is 18.7 Å². The molecular formula is C27H29F2N5O2. The van der Waals surface area contributed by atoms with Crippen LogP contribution in [0.2, 0.25) is 0 Å². The van der Waals surface area contributed by atoms with Gasteiger partial charge in [-0.1, -0.05) is 26.0 Å². The van der Waals surface area contributed by atoms with E-state index < -0.39 is 29.1 Å². The van der Waals surface area contributed by atoms with Crippen molar-refractivity contribution in [3.8, 4) is 0 Å². The first-order valence-electron chi connectivity index (χ1n) is 12.2. The Bertz CT molecular complexity index is 1220. The molecule has 1 N–H and O–H groups in total. The van der Waals surface area contributed by atoms with E-state index in [1.54, 1.807) is 35.5 Å². The Morgan fingerprint density at radius 1 is 1.00 bits per heavy atom. The standard InChI is InChI=1S/C27H29F2N5O2/c1-17-13-34(14-18(2)27(17,36)24-6-3-4-10-30-24)26(35)22-16-33(25-7-5-11-31-32-25)15-21(22)20-9-8-19(28)12-23(20)29/h3-12,17-18,21-22,36H,13-16H2,1-2H3/t17-,18+,21-,22+,27?/m0/s1. The van der Waals surface area contributed by atoms with Crippen LogP contribution < -0.4 is 4.90 Å². The van der Waals surface area contributed by atoms with Gasteiger partial charge in [0.05, 0.1) is 11.6 Å². The number of amides is 1. The van der Waals surface area contributed by atoms with Crippen LogP contribution in [-0.4, -0.2) is 57.3 Å². The third-order valence-corrected chi connectivity index (χ3v) is 7.76. The first-order chi connectivity index (χ1) is 17.3. The smallest absolute Gasteiger partial charge is 0.228 e. The highest BCUT2D eigenvalue weighted by molar-refractivity contribution is 5.82. The number of likely N-dealkylation sites (tertiary alicyclic amines) is 1. The number of aliphatic hydroxyl groups is 1. The van der Waals surface area contributed by atoms with Crippen molar-refractivity contribution in [1.29, 1.82) is 0 Å². The summed E-state index contributed by atoms with van der Waals surface area (Å²) in [6.07, 6.45) is 3.23. The summed E-state index contributed by atoms with van der Waals surface area (Å²) in [4.78, 5) is 22.0.